The van der Waals surface area contributed by atoms with Gasteiger partial charge in [0.1, 0.15) is 0 Å². The predicted octanol–water partition coefficient (Wildman–Crippen LogP) is 3.75. The third-order valence-corrected chi connectivity index (χ3v) is 3.27. The van der Waals surface area contributed by atoms with Gasteiger partial charge in [-0.1, -0.05) is 28.1 Å². The van der Waals surface area contributed by atoms with E-state index in [4.69, 9.17) is 0 Å². The van der Waals surface area contributed by atoms with E-state index < -0.39 is 0 Å². The van der Waals surface area contributed by atoms with E-state index in [-0.39, 0.29) is 5.91 Å². The van der Waals surface area contributed by atoms with Gasteiger partial charge in [-0.25, -0.2) is 0 Å². The van der Waals surface area contributed by atoms with Gasteiger partial charge in [0, 0.05) is 23.0 Å². The number of halogens is 1. The van der Waals surface area contributed by atoms with E-state index in [2.05, 4.69) is 33.1 Å². The van der Waals surface area contributed by atoms with Crippen LogP contribution in [0.3, 0.4) is 0 Å². The van der Waals surface area contributed by atoms with E-state index in [1.54, 1.807) is 6.92 Å². The predicted molar refractivity (Wildman–Crippen MR) is 82.0 cm³/mol. The summed E-state index contributed by atoms with van der Waals surface area (Å²) >= 11 is 3.44. The number of carbonyl (C=O) groups is 1. The molecule has 2 nitrogen and oxygen atoms in total. The van der Waals surface area contributed by atoms with E-state index in [0.717, 1.165) is 15.2 Å². The number of carbonyl (C=O) groups excluding carboxylic acids is 1. The Morgan fingerprint density at radius 2 is 1.95 bits per heavy atom. The first-order valence-electron chi connectivity index (χ1n) is 6.08. The molecule has 3 heteroatoms. The van der Waals surface area contributed by atoms with Gasteiger partial charge in [-0.2, -0.15) is 0 Å². The summed E-state index contributed by atoms with van der Waals surface area (Å²) in [6.45, 7) is 2.38. The maximum absolute atomic E-state index is 11.9. The first-order chi connectivity index (χ1) is 9.20. The number of hydrogen-bond donors (Lipinski definition) is 1. The molecule has 1 N–H and O–H groups in total. The lowest BCUT2D eigenvalue weighted by atomic mass is 10.1. The molecular formula is C16H14BrNO. The lowest BCUT2D eigenvalue weighted by Crippen LogP contribution is -2.24. The molecule has 0 bridgehead atoms. The topological polar surface area (TPSA) is 29.1 Å². The molecule has 0 unspecified atom stereocenters. The van der Waals surface area contributed by atoms with Gasteiger partial charge < -0.3 is 5.32 Å². The number of fused-ring (bicyclic) bond motifs is 1. The molecule has 2 aromatic rings. The molecule has 2 aromatic carbocycles. The van der Waals surface area contributed by atoms with Crippen molar-refractivity contribution < 1.29 is 4.79 Å². The van der Waals surface area contributed by atoms with E-state index in [1.165, 1.54) is 0 Å². The number of hydrogen-bond acceptors (Lipinski definition) is 1. The van der Waals surface area contributed by atoms with E-state index in [1.807, 2.05) is 36.4 Å². The van der Waals surface area contributed by atoms with Crippen LogP contribution >= 0.6 is 15.9 Å². The van der Waals surface area contributed by atoms with Gasteiger partial charge in [0.2, 0.25) is 0 Å². The Morgan fingerprint density at radius 3 is 2.74 bits per heavy atom. The monoisotopic (exact) mass is 315 g/mol. The van der Waals surface area contributed by atoms with E-state index in [9.17, 15) is 4.79 Å². The van der Waals surface area contributed by atoms with Gasteiger partial charge in [0.05, 0.1) is 0 Å². The minimum Gasteiger partial charge on any atom is -0.351 e. The quantitative estimate of drug-likeness (QED) is 0.678. The van der Waals surface area contributed by atoms with Crippen LogP contribution in [0.4, 0.5) is 0 Å². The molecule has 2 rings (SSSR count). The summed E-state index contributed by atoms with van der Waals surface area (Å²) in [5.41, 5.74) is 0.680. The van der Waals surface area contributed by atoms with E-state index >= 15 is 0 Å². The van der Waals surface area contributed by atoms with Crippen molar-refractivity contribution in [2.75, 3.05) is 6.54 Å². The molecule has 0 fully saturated rings. The largest absolute Gasteiger partial charge is 0.351 e. The summed E-state index contributed by atoms with van der Waals surface area (Å²) in [5.74, 6) is 5.67. The second-order valence-corrected chi connectivity index (χ2v) is 5.05. The van der Waals surface area contributed by atoms with Crippen LogP contribution in [0.1, 0.15) is 23.7 Å². The molecule has 0 atom stereocenters. The maximum Gasteiger partial charge on any atom is 0.251 e. The highest BCUT2D eigenvalue weighted by molar-refractivity contribution is 9.10. The molecule has 0 saturated carbocycles. The molecule has 0 aromatic heterocycles. The highest BCUT2D eigenvalue weighted by Crippen LogP contribution is 2.20. The Morgan fingerprint density at radius 1 is 1.21 bits per heavy atom. The Labute approximate surface area is 121 Å². The third-order valence-electron chi connectivity index (χ3n) is 2.78. The van der Waals surface area contributed by atoms with Crippen LogP contribution in [0.25, 0.3) is 10.8 Å². The Kier molecular flexibility index (Phi) is 4.59. The molecule has 19 heavy (non-hydrogen) atoms. The first kappa shape index (κ1) is 13.6. The first-order valence-corrected chi connectivity index (χ1v) is 6.87. The third kappa shape index (κ3) is 3.59. The van der Waals surface area contributed by atoms with Crippen molar-refractivity contribution in [1.29, 1.82) is 0 Å². The van der Waals surface area contributed by atoms with Gasteiger partial charge in [0.25, 0.3) is 5.91 Å². The van der Waals surface area contributed by atoms with Crippen molar-refractivity contribution in [3.05, 3.63) is 46.4 Å². The van der Waals surface area contributed by atoms with Crippen LogP contribution in [-0.4, -0.2) is 12.5 Å². The van der Waals surface area contributed by atoms with Crippen LogP contribution in [0.15, 0.2) is 40.9 Å². The number of benzene rings is 2. The van der Waals surface area contributed by atoms with Crippen LogP contribution in [0.2, 0.25) is 0 Å². The Bertz CT molecular complexity index is 667. The zero-order valence-corrected chi connectivity index (χ0v) is 12.3. The summed E-state index contributed by atoms with van der Waals surface area (Å²) < 4.78 is 1.04. The fourth-order valence-corrected chi connectivity index (χ4v) is 2.20. The van der Waals surface area contributed by atoms with Crippen molar-refractivity contribution >= 4 is 32.6 Å². The normalized spacial score (nSPS) is 9.79. The molecule has 0 aliphatic heterocycles. The number of nitrogens with one attached hydrogen (secondary N) is 1. The SMILES string of the molecule is CC#CCCNC(=O)c1ccc2cc(Br)ccc2c1. The summed E-state index contributed by atoms with van der Waals surface area (Å²) in [6.07, 6.45) is 0.683. The highest BCUT2D eigenvalue weighted by Gasteiger charge is 2.05. The molecule has 0 saturated heterocycles. The second kappa shape index (κ2) is 6.40. The zero-order valence-electron chi connectivity index (χ0n) is 10.7. The second-order valence-electron chi connectivity index (χ2n) is 4.14. The summed E-state index contributed by atoms with van der Waals surface area (Å²) in [7, 11) is 0. The minimum absolute atomic E-state index is 0.0530. The van der Waals surface area contributed by atoms with Crippen molar-refractivity contribution in [3.8, 4) is 11.8 Å². The molecule has 0 radical (unpaired) electrons. The smallest absolute Gasteiger partial charge is 0.251 e. The maximum atomic E-state index is 11.9. The standard InChI is InChI=1S/C16H14BrNO/c1-2-3-4-9-18-16(19)14-6-5-13-11-15(17)8-7-12(13)10-14/h5-8,10-11H,4,9H2,1H3,(H,18,19). The average Bonchev–Trinajstić information content (AvgIpc) is 2.42. The van der Waals surface area contributed by atoms with Gasteiger partial charge in [0.15, 0.2) is 0 Å². The molecular weight excluding hydrogens is 302 g/mol. The van der Waals surface area contributed by atoms with Crippen molar-refractivity contribution in [1.82, 2.24) is 5.32 Å². The van der Waals surface area contributed by atoms with Gasteiger partial charge in [-0.05, 0) is 42.0 Å². The lowest BCUT2D eigenvalue weighted by molar-refractivity contribution is 0.0954. The lowest BCUT2D eigenvalue weighted by Gasteiger charge is -2.05. The fraction of sp³-hybridized carbons (Fsp3) is 0.188. The Hall–Kier alpha value is -1.79. The highest BCUT2D eigenvalue weighted by atomic mass is 79.9. The van der Waals surface area contributed by atoms with Crippen LogP contribution in [0, 0.1) is 11.8 Å². The van der Waals surface area contributed by atoms with E-state index in [0.29, 0.717) is 18.5 Å². The molecule has 0 aliphatic carbocycles. The minimum atomic E-state index is -0.0530. The van der Waals surface area contributed by atoms with Crippen molar-refractivity contribution in [2.24, 2.45) is 0 Å². The van der Waals surface area contributed by atoms with Crippen molar-refractivity contribution in [2.45, 2.75) is 13.3 Å². The van der Waals surface area contributed by atoms with Gasteiger partial charge >= 0.3 is 0 Å². The van der Waals surface area contributed by atoms with Crippen molar-refractivity contribution in [3.63, 3.8) is 0 Å². The molecule has 0 spiro atoms. The average molecular weight is 316 g/mol. The number of rotatable bonds is 3. The summed E-state index contributed by atoms with van der Waals surface area (Å²) in [6, 6.07) is 11.7. The van der Waals surface area contributed by atoms with Crippen LogP contribution in [0.5, 0.6) is 0 Å². The molecule has 0 heterocycles. The summed E-state index contributed by atoms with van der Waals surface area (Å²) in [5, 5.41) is 5.03. The van der Waals surface area contributed by atoms with Crippen LogP contribution < -0.4 is 5.32 Å². The fourth-order valence-electron chi connectivity index (χ4n) is 1.82. The molecule has 96 valence electrons. The zero-order chi connectivity index (χ0) is 13.7. The van der Waals surface area contributed by atoms with Gasteiger partial charge in [-0.15, -0.1) is 11.8 Å². The Balaban J connectivity index is 2.13. The van der Waals surface area contributed by atoms with Gasteiger partial charge in [-0.3, -0.25) is 4.79 Å². The molecule has 0 aliphatic rings. The number of amides is 1. The van der Waals surface area contributed by atoms with Crippen LogP contribution in [-0.2, 0) is 0 Å². The molecule has 1 amide bonds. The summed E-state index contributed by atoms with van der Waals surface area (Å²) in [4.78, 5) is 11.9.